The summed E-state index contributed by atoms with van der Waals surface area (Å²) in [4.78, 5) is 39.3. The summed E-state index contributed by atoms with van der Waals surface area (Å²) in [6.45, 7) is 16.8. The first kappa shape index (κ1) is 35.0. The Hall–Kier alpha value is -3.51. The molecule has 0 N–H and O–H groups in total. The lowest BCUT2D eigenvalue weighted by molar-refractivity contribution is -0.583. The van der Waals surface area contributed by atoms with Gasteiger partial charge in [-0.1, -0.05) is 59.2 Å². The molecule has 0 spiro atoms. The first-order chi connectivity index (χ1) is 20.4. The minimum Gasteiger partial charge on any atom is -0.518 e. The van der Waals surface area contributed by atoms with E-state index in [1.165, 1.54) is 43.5 Å². The van der Waals surface area contributed by atoms with Crippen LogP contribution in [0.1, 0.15) is 72.9 Å². The number of carbonyl (C=O) groups excluding carboxylic acids is 2. The minimum absolute atomic E-state index is 0.0282. The van der Waals surface area contributed by atoms with Crippen LogP contribution in [0.25, 0.3) is 10.9 Å². The fourth-order valence-corrected chi connectivity index (χ4v) is 13.0. The first-order valence-corrected chi connectivity index (χ1v) is 18.5. The highest BCUT2D eigenvalue weighted by Crippen LogP contribution is 2.44. The molecule has 12 heteroatoms. The highest BCUT2D eigenvalue weighted by molar-refractivity contribution is 7.90. The second kappa shape index (κ2) is 13.2. The number of aryl methyl sites for hydroxylation is 1. The van der Waals surface area contributed by atoms with Crippen molar-refractivity contribution in [3.8, 4) is 0 Å². The normalized spacial score (nSPS) is 14.5. The van der Waals surface area contributed by atoms with Gasteiger partial charge >= 0.3 is 5.97 Å². The van der Waals surface area contributed by atoms with E-state index in [9.17, 15) is 28.1 Å². The molecule has 0 saturated carbocycles. The quantitative estimate of drug-likeness (QED) is 0.0843. The van der Waals surface area contributed by atoms with Crippen molar-refractivity contribution in [2.75, 3.05) is 6.61 Å². The maximum absolute atomic E-state index is 13.6. The van der Waals surface area contributed by atoms with Crippen LogP contribution >= 0.6 is 0 Å². The zero-order valence-electron chi connectivity index (χ0n) is 27.0. The predicted molar refractivity (Wildman–Crippen MR) is 172 cm³/mol. The molecule has 0 amide bonds. The largest absolute Gasteiger partial charge is 0.518 e. The van der Waals surface area contributed by atoms with Crippen LogP contribution in [-0.4, -0.2) is 44.2 Å². The number of nitrogens with zero attached hydrogens (tertiary/aromatic N) is 2. The molecule has 0 fully saturated rings. The van der Waals surface area contributed by atoms with Gasteiger partial charge in [0.25, 0.3) is 29.8 Å². The van der Waals surface area contributed by atoms with E-state index >= 15 is 0 Å². The lowest BCUT2D eigenvalue weighted by Gasteiger charge is -2.41. The highest BCUT2D eigenvalue weighted by Gasteiger charge is 2.55. The molecule has 1 aromatic heterocycles. The van der Waals surface area contributed by atoms with Crippen LogP contribution in [0.4, 0.5) is 0 Å². The Bertz CT molecular complexity index is 1610. The van der Waals surface area contributed by atoms with E-state index < -0.39 is 53.1 Å². The number of nitro groups is 1. The molecule has 3 aromatic rings. The van der Waals surface area contributed by atoms with Gasteiger partial charge in [-0.15, -0.1) is 0 Å². The molecular formula is C32H44N2O8SSi. The fourth-order valence-electron chi connectivity index (χ4n) is 6.41. The van der Waals surface area contributed by atoms with E-state index in [0.717, 1.165) is 9.54 Å². The molecule has 1 heterocycles. The first-order valence-electron chi connectivity index (χ1n) is 14.9. The summed E-state index contributed by atoms with van der Waals surface area (Å²) in [6, 6.07) is 12.4. The van der Waals surface area contributed by atoms with Gasteiger partial charge in [0.1, 0.15) is 5.92 Å². The average molecular weight is 645 g/mol. The molecule has 0 saturated heterocycles. The third-order valence-corrected chi connectivity index (χ3v) is 16.5. The Kier molecular flexibility index (Phi) is 10.5. The Morgan fingerprint density at radius 2 is 1.55 bits per heavy atom. The SMILES string of the molecule is CCOC(=O)[C@@H](CC(=O)O[Si](C(C)C)(C(C)C)C(C)C)[C@@](C)(c1ccc2c(ccn2S(=O)(=O)c2ccc(C)cc2)c1)[N+](=O)[O-]. The summed E-state index contributed by atoms with van der Waals surface area (Å²) in [5.41, 5.74) is -0.489. The zero-order chi connectivity index (χ0) is 33.2. The standard InChI is InChI=1S/C32H44N2O8SSi/c1-10-41-31(36)28(20-30(35)42-44(21(2)3,22(4)5)23(6)7)32(9,34(37)38)26-13-16-29-25(19-26)17-18-33(29)43(39,40)27-14-11-24(8)12-15-27/h11-19,21-23,28H,10,20H2,1-9H3/t28-,32-/m1/s1. The van der Waals surface area contributed by atoms with Crippen LogP contribution < -0.4 is 0 Å². The minimum atomic E-state index is -3.94. The van der Waals surface area contributed by atoms with Gasteiger partial charge in [-0.2, -0.15) is 0 Å². The third kappa shape index (κ3) is 6.32. The summed E-state index contributed by atoms with van der Waals surface area (Å²) < 4.78 is 39.4. The second-order valence-electron chi connectivity index (χ2n) is 12.4. The van der Waals surface area contributed by atoms with Crippen molar-refractivity contribution < 1.29 is 32.1 Å². The van der Waals surface area contributed by atoms with Crippen molar-refractivity contribution in [1.29, 1.82) is 0 Å². The smallest absolute Gasteiger partial charge is 0.317 e. The Balaban J connectivity index is 2.10. The number of rotatable bonds is 13. The van der Waals surface area contributed by atoms with Gasteiger partial charge in [-0.05, 0) is 66.9 Å². The van der Waals surface area contributed by atoms with Crippen molar-refractivity contribution >= 4 is 41.2 Å². The maximum Gasteiger partial charge on any atom is 0.317 e. The Labute approximate surface area is 261 Å². The number of hydrogen-bond acceptors (Lipinski definition) is 8. The zero-order valence-corrected chi connectivity index (χ0v) is 28.8. The van der Waals surface area contributed by atoms with Crippen molar-refractivity contribution in [1.82, 2.24) is 3.97 Å². The van der Waals surface area contributed by atoms with Crippen LogP contribution in [0.3, 0.4) is 0 Å². The van der Waals surface area contributed by atoms with Crippen LogP contribution in [0.5, 0.6) is 0 Å². The topological polar surface area (TPSA) is 135 Å². The van der Waals surface area contributed by atoms with E-state index in [4.69, 9.17) is 9.16 Å². The van der Waals surface area contributed by atoms with Crippen LogP contribution in [0, 0.1) is 23.0 Å². The van der Waals surface area contributed by atoms with E-state index in [2.05, 4.69) is 0 Å². The molecule has 0 radical (unpaired) electrons. The number of aromatic nitrogens is 1. The van der Waals surface area contributed by atoms with Crippen molar-refractivity contribution in [2.24, 2.45) is 5.92 Å². The Morgan fingerprint density at radius 1 is 0.977 bits per heavy atom. The summed E-state index contributed by atoms with van der Waals surface area (Å²) >= 11 is 0. The van der Waals surface area contributed by atoms with Crippen LogP contribution in [-0.2, 0) is 34.3 Å². The van der Waals surface area contributed by atoms with E-state index in [1.807, 2.05) is 48.5 Å². The molecule has 0 aliphatic carbocycles. The summed E-state index contributed by atoms with van der Waals surface area (Å²) in [5.74, 6) is -3.05. The molecule has 2 aromatic carbocycles. The number of benzene rings is 2. The highest BCUT2D eigenvalue weighted by atomic mass is 32.2. The maximum atomic E-state index is 13.6. The number of fused-ring (bicyclic) bond motifs is 1. The molecule has 0 bridgehead atoms. The molecule has 0 aliphatic rings. The molecule has 3 rings (SSSR count). The average Bonchev–Trinajstić information content (AvgIpc) is 3.38. The monoisotopic (exact) mass is 644 g/mol. The van der Waals surface area contributed by atoms with Gasteiger partial charge in [0.15, 0.2) is 0 Å². The molecular weight excluding hydrogens is 601 g/mol. The van der Waals surface area contributed by atoms with Gasteiger partial charge in [-0.25, -0.2) is 12.4 Å². The number of ether oxygens (including phenoxy) is 1. The number of carbonyl (C=O) groups is 2. The molecule has 0 aliphatic heterocycles. The molecule has 240 valence electrons. The van der Waals surface area contributed by atoms with Gasteiger partial charge in [-0.3, -0.25) is 19.7 Å². The molecule has 2 atom stereocenters. The van der Waals surface area contributed by atoms with Gasteiger partial charge in [0, 0.05) is 29.0 Å². The molecule has 0 unspecified atom stereocenters. The van der Waals surface area contributed by atoms with Crippen LogP contribution in [0.15, 0.2) is 59.6 Å². The predicted octanol–water partition coefficient (Wildman–Crippen LogP) is 6.97. The summed E-state index contributed by atoms with van der Waals surface area (Å²) in [7, 11) is -6.63. The van der Waals surface area contributed by atoms with Gasteiger partial charge in [0.05, 0.1) is 23.4 Å². The number of hydrogen-bond donors (Lipinski definition) is 0. The second-order valence-corrected chi connectivity index (χ2v) is 19.6. The van der Waals surface area contributed by atoms with Gasteiger partial charge in [0.2, 0.25) is 0 Å². The molecule has 10 nitrogen and oxygen atoms in total. The lowest BCUT2D eigenvalue weighted by Crippen LogP contribution is -2.51. The summed E-state index contributed by atoms with van der Waals surface area (Å²) in [5, 5.41) is 13.2. The lowest BCUT2D eigenvalue weighted by atomic mass is 9.78. The molecule has 44 heavy (non-hydrogen) atoms. The van der Waals surface area contributed by atoms with Crippen molar-refractivity contribution in [3.63, 3.8) is 0 Å². The summed E-state index contributed by atoms with van der Waals surface area (Å²) in [6.07, 6.45) is 0.847. The van der Waals surface area contributed by atoms with E-state index in [-0.39, 0.29) is 33.7 Å². The van der Waals surface area contributed by atoms with Crippen molar-refractivity contribution in [3.05, 3.63) is 76.0 Å². The van der Waals surface area contributed by atoms with E-state index in [1.54, 1.807) is 25.1 Å². The third-order valence-electron chi connectivity index (χ3n) is 8.81. The Morgan fingerprint density at radius 3 is 2.05 bits per heavy atom. The van der Waals surface area contributed by atoms with E-state index in [0.29, 0.717) is 10.9 Å². The van der Waals surface area contributed by atoms with Crippen LogP contribution in [0.2, 0.25) is 16.6 Å². The fraction of sp³-hybridized carbons (Fsp3) is 0.500. The van der Waals surface area contributed by atoms with Crippen molar-refractivity contribution in [2.45, 2.75) is 95.8 Å². The van der Waals surface area contributed by atoms with Gasteiger partial charge < -0.3 is 9.16 Å². The number of esters is 1.